The Morgan fingerprint density at radius 2 is 2.33 bits per heavy atom. The molecular weight excluding hydrogens is 233 g/mol. The van der Waals surface area contributed by atoms with E-state index in [1.807, 2.05) is 11.8 Å². The lowest BCUT2D eigenvalue weighted by Crippen LogP contribution is -2.33. The van der Waals surface area contributed by atoms with Gasteiger partial charge in [-0.2, -0.15) is 0 Å². The van der Waals surface area contributed by atoms with Gasteiger partial charge in [0.25, 0.3) is 0 Å². The van der Waals surface area contributed by atoms with E-state index in [1.165, 1.54) is 18.6 Å². The molecule has 0 spiro atoms. The minimum Gasteiger partial charge on any atom is -0.299 e. The summed E-state index contributed by atoms with van der Waals surface area (Å²) in [6, 6.07) is 5.10. The zero-order chi connectivity index (χ0) is 10.8. The largest absolute Gasteiger partial charge is 0.299 e. The van der Waals surface area contributed by atoms with E-state index in [9.17, 15) is 4.39 Å². The molecule has 0 amide bonds. The summed E-state index contributed by atoms with van der Waals surface area (Å²) in [5.74, 6) is 0.838. The van der Waals surface area contributed by atoms with Crippen molar-refractivity contribution in [3.05, 3.63) is 34.6 Å². The van der Waals surface area contributed by atoms with Gasteiger partial charge in [0.15, 0.2) is 0 Å². The minimum absolute atomic E-state index is 0.196. The quantitative estimate of drug-likeness (QED) is 0.812. The highest BCUT2D eigenvalue weighted by Crippen LogP contribution is 2.35. The highest BCUT2D eigenvalue weighted by Gasteiger charge is 2.21. The van der Waals surface area contributed by atoms with Crippen molar-refractivity contribution in [2.24, 2.45) is 0 Å². The standard InChI is InChI=1S/C11H13ClFNS/c1-7-4-5-15-11(14-7)9-3-2-8(13)6-10(9)12/h2-3,6-7,11,14H,4-5H2,1H3. The lowest BCUT2D eigenvalue weighted by molar-refractivity contribution is 0.511. The number of hydrogen-bond donors (Lipinski definition) is 1. The van der Waals surface area contributed by atoms with Crippen molar-refractivity contribution in [1.82, 2.24) is 5.32 Å². The predicted molar refractivity (Wildman–Crippen MR) is 63.8 cm³/mol. The van der Waals surface area contributed by atoms with Gasteiger partial charge in [-0.15, -0.1) is 11.8 Å². The average molecular weight is 246 g/mol. The molecule has 1 nitrogen and oxygen atoms in total. The molecule has 15 heavy (non-hydrogen) atoms. The number of halogens is 2. The van der Waals surface area contributed by atoms with Crippen LogP contribution < -0.4 is 5.32 Å². The van der Waals surface area contributed by atoms with E-state index in [-0.39, 0.29) is 11.2 Å². The Kier molecular flexibility index (Phi) is 3.54. The molecular formula is C11H13ClFNS. The Morgan fingerprint density at radius 1 is 1.53 bits per heavy atom. The van der Waals surface area contributed by atoms with E-state index >= 15 is 0 Å². The summed E-state index contributed by atoms with van der Waals surface area (Å²) in [5, 5.41) is 4.15. The number of hydrogen-bond acceptors (Lipinski definition) is 2. The van der Waals surface area contributed by atoms with Crippen LogP contribution in [0.25, 0.3) is 0 Å². The SMILES string of the molecule is CC1CCSC(c2ccc(F)cc2Cl)N1. The molecule has 0 aromatic heterocycles. The highest BCUT2D eigenvalue weighted by atomic mass is 35.5. The summed E-state index contributed by atoms with van der Waals surface area (Å²) < 4.78 is 12.9. The molecule has 2 atom stereocenters. The molecule has 1 fully saturated rings. The molecule has 1 N–H and O–H groups in total. The normalized spacial score (nSPS) is 26.6. The van der Waals surface area contributed by atoms with Crippen LogP contribution in [0.15, 0.2) is 18.2 Å². The van der Waals surface area contributed by atoms with Gasteiger partial charge in [-0.1, -0.05) is 17.7 Å². The van der Waals surface area contributed by atoms with Crippen LogP contribution in [0.1, 0.15) is 24.3 Å². The van der Waals surface area contributed by atoms with Crippen molar-refractivity contribution >= 4 is 23.4 Å². The number of benzene rings is 1. The highest BCUT2D eigenvalue weighted by molar-refractivity contribution is 7.99. The van der Waals surface area contributed by atoms with Crippen molar-refractivity contribution in [1.29, 1.82) is 0 Å². The summed E-state index contributed by atoms with van der Waals surface area (Å²) in [5.41, 5.74) is 0.981. The molecule has 1 saturated heterocycles. The van der Waals surface area contributed by atoms with Crippen LogP contribution in [-0.2, 0) is 0 Å². The topological polar surface area (TPSA) is 12.0 Å². The van der Waals surface area contributed by atoms with Gasteiger partial charge in [-0.3, -0.25) is 5.32 Å². The van der Waals surface area contributed by atoms with Gasteiger partial charge >= 0.3 is 0 Å². The van der Waals surface area contributed by atoms with Crippen molar-refractivity contribution in [2.75, 3.05) is 5.75 Å². The van der Waals surface area contributed by atoms with Crippen LogP contribution in [0.3, 0.4) is 0 Å². The maximum absolute atomic E-state index is 12.9. The summed E-state index contributed by atoms with van der Waals surface area (Å²) in [6.45, 7) is 2.16. The number of rotatable bonds is 1. The Hall–Kier alpha value is -0.250. The Balaban J connectivity index is 2.21. The molecule has 2 rings (SSSR count). The summed E-state index contributed by atoms with van der Waals surface area (Å²) >= 11 is 7.84. The Bertz CT molecular complexity index is 358. The molecule has 0 radical (unpaired) electrons. The third-order valence-electron chi connectivity index (χ3n) is 2.52. The van der Waals surface area contributed by atoms with Gasteiger partial charge in [-0.25, -0.2) is 4.39 Å². The molecule has 1 heterocycles. The van der Waals surface area contributed by atoms with Crippen LogP contribution in [0.4, 0.5) is 4.39 Å². The molecule has 4 heteroatoms. The van der Waals surface area contributed by atoms with Gasteiger partial charge in [-0.05, 0) is 36.8 Å². The predicted octanol–water partition coefficient (Wildman–Crippen LogP) is 3.59. The van der Waals surface area contributed by atoms with Crippen molar-refractivity contribution in [3.63, 3.8) is 0 Å². The average Bonchev–Trinajstić information content (AvgIpc) is 2.17. The van der Waals surface area contributed by atoms with Gasteiger partial charge in [0, 0.05) is 11.1 Å². The Labute approximate surface area is 98.4 Å². The molecule has 0 aliphatic carbocycles. The zero-order valence-electron chi connectivity index (χ0n) is 8.47. The van der Waals surface area contributed by atoms with E-state index in [4.69, 9.17) is 11.6 Å². The first-order chi connectivity index (χ1) is 7.16. The first-order valence-corrected chi connectivity index (χ1v) is 6.42. The molecule has 82 valence electrons. The molecule has 0 bridgehead atoms. The van der Waals surface area contributed by atoms with E-state index in [2.05, 4.69) is 12.2 Å². The van der Waals surface area contributed by atoms with E-state index in [1.54, 1.807) is 6.07 Å². The van der Waals surface area contributed by atoms with Gasteiger partial charge in [0.2, 0.25) is 0 Å². The van der Waals surface area contributed by atoms with E-state index in [0.717, 1.165) is 11.3 Å². The van der Waals surface area contributed by atoms with Crippen LogP contribution in [0.5, 0.6) is 0 Å². The fraction of sp³-hybridized carbons (Fsp3) is 0.455. The van der Waals surface area contributed by atoms with Crippen molar-refractivity contribution in [3.8, 4) is 0 Å². The molecule has 1 aliphatic heterocycles. The van der Waals surface area contributed by atoms with Crippen LogP contribution >= 0.6 is 23.4 Å². The third kappa shape index (κ3) is 2.65. The molecule has 1 aromatic carbocycles. The fourth-order valence-electron chi connectivity index (χ4n) is 1.65. The van der Waals surface area contributed by atoms with Gasteiger partial charge in [0.1, 0.15) is 5.82 Å². The molecule has 1 aromatic rings. The van der Waals surface area contributed by atoms with Gasteiger partial charge in [0.05, 0.1) is 5.37 Å². The Morgan fingerprint density at radius 3 is 3.00 bits per heavy atom. The molecule has 1 aliphatic rings. The second kappa shape index (κ2) is 4.73. The van der Waals surface area contributed by atoms with Gasteiger partial charge < -0.3 is 0 Å². The second-order valence-electron chi connectivity index (χ2n) is 3.77. The second-order valence-corrected chi connectivity index (χ2v) is 5.39. The first kappa shape index (κ1) is 11.2. The van der Waals surface area contributed by atoms with Crippen LogP contribution in [-0.4, -0.2) is 11.8 Å². The molecule has 0 saturated carbocycles. The fourth-order valence-corrected chi connectivity index (χ4v) is 3.43. The first-order valence-electron chi connectivity index (χ1n) is 4.99. The van der Waals surface area contributed by atoms with Crippen LogP contribution in [0, 0.1) is 5.82 Å². The van der Waals surface area contributed by atoms with Crippen LogP contribution in [0.2, 0.25) is 5.02 Å². The molecule has 2 unspecified atom stereocenters. The third-order valence-corrected chi connectivity index (χ3v) is 4.04. The lowest BCUT2D eigenvalue weighted by atomic mass is 10.2. The van der Waals surface area contributed by atoms with E-state index in [0.29, 0.717) is 11.1 Å². The zero-order valence-corrected chi connectivity index (χ0v) is 10.0. The van der Waals surface area contributed by atoms with Crippen molar-refractivity contribution in [2.45, 2.75) is 24.8 Å². The number of thioether (sulfide) groups is 1. The maximum Gasteiger partial charge on any atom is 0.124 e. The summed E-state index contributed by atoms with van der Waals surface area (Å²) in [6.07, 6.45) is 1.17. The lowest BCUT2D eigenvalue weighted by Gasteiger charge is -2.29. The maximum atomic E-state index is 12.9. The van der Waals surface area contributed by atoms with Crippen molar-refractivity contribution < 1.29 is 4.39 Å². The summed E-state index contributed by atoms with van der Waals surface area (Å²) in [7, 11) is 0. The smallest absolute Gasteiger partial charge is 0.124 e. The summed E-state index contributed by atoms with van der Waals surface area (Å²) in [4.78, 5) is 0. The minimum atomic E-state index is -0.280. The monoisotopic (exact) mass is 245 g/mol. The number of nitrogens with one attached hydrogen (secondary N) is 1. The van der Waals surface area contributed by atoms with E-state index < -0.39 is 0 Å².